The topological polar surface area (TPSA) is 94.2 Å². The molecule has 1 heterocycles. The summed E-state index contributed by atoms with van der Waals surface area (Å²) in [4.78, 5) is 38.6. The second-order valence-electron chi connectivity index (χ2n) is 7.05. The van der Waals surface area contributed by atoms with Gasteiger partial charge in [0.2, 0.25) is 6.79 Å². The standard InChI is InChI=1S/C24H22N2O6/c1-2-26(19-9-5-7-16-6-3-4-8-18(16)19)22(27)14-30-23(28)13-25-24(29)17-10-11-20-21(12-17)32-15-31-20/h3-12H,2,13-15H2,1H3,(H,25,29). The molecule has 8 nitrogen and oxygen atoms in total. The highest BCUT2D eigenvalue weighted by molar-refractivity contribution is 6.04. The molecule has 0 atom stereocenters. The Balaban J connectivity index is 1.32. The van der Waals surface area contributed by atoms with E-state index in [0.717, 1.165) is 16.5 Å². The first-order valence-corrected chi connectivity index (χ1v) is 10.2. The van der Waals surface area contributed by atoms with E-state index < -0.39 is 18.5 Å². The number of carbonyl (C=O) groups is 3. The molecular weight excluding hydrogens is 412 g/mol. The van der Waals surface area contributed by atoms with E-state index >= 15 is 0 Å². The van der Waals surface area contributed by atoms with Crippen molar-refractivity contribution >= 4 is 34.2 Å². The Morgan fingerprint density at radius 1 is 1.00 bits per heavy atom. The molecule has 164 valence electrons. The Kier molecular flexibility index (Phi) is 6.21. The summed E-state index contributed by atoms with van der Waals surface area (Å²) in [5.41, 5.74) is 1.08. The van der Waals surface area contributed by atoms with Crippen LogP contribution in [-0.2, 0) is 14.3 Å². The fourth-order valence-corrected chi connectivity index (χ4v) is 3.49. The molecule has 0 bridgehead atoms. The van der Waals surface area contributed by atoms with Gasteiger partial charge < -0.3 is 24.4 Å². The third-order valence-electron chi connectivity index (χ3n) is 5.06. The predicted octanol–water partition coefficient (Wildman–Crippen LogP) is 2.89. The van der Waals surface area contributed by atoms with Gasteiger partial charge in [0.25, 0.3) is 11.8 Å². The number of ether oxygens (including phenoxy) is 3. The van der Waals surface area contributed by atoms with Crippen LogP contribution < -0.4 is 19.7 Å². The SMILES string of the molecule is CCN(C(=O)COC(=O)CNC(=O)c1ccc2c(c1)OCO2)c1cccc2ccccc12. The van der Waals surface area contributed by atoms with Gasteiger partial charge >= 0.3 is 5.97 Å². The van der Waals surface area contributed by atoms with Crippen LogP contribution in [0.15, 0.2) is 60.7 Å². The van der Waals surface area contributed by atoms with Gasteiger partial charge in [0, 0.05) is 17.5 Å². The highest BCUT2D eigenvalue weighted by atomic mass is 16.7. The summed E-state index contributed by atoms with van der Waals surface area (Å²) in [6.07, 6.45) is 0. The molecule has 1 aliphatic rings. The van der Waals surface area contributed by atoms with Gasteiger partial charge in [0.1, 0.15) is 6.54 Å². The average Bonchev–Trinajstić information content (AvgIpc) is 3.30. The number of nitrogens with one attached hydrogen (secondary N) is 1. The van der Waals surface area contributed by atoms with Crippen LogP contribution in [-0.4, -0.2) is 44.3 Å². The number of anilines is 1. The summed E-state index contributed by atoms with van der Waals surface area (Å²) in [5, 5.41) is 4.43. The summed E-state index contributed by atoms with van der Waals surface area (Å²) >= 11 is 0. The van der Waals surface area contributed by atoms with Gasteiger partial charge in [-0.2, -0.15) is 0 Å². The minimum atomic E-state index is -0.707. The van der Waals surface area contributed by atoms with Crippen LogP contribution in [0.2, 0.25) is 0 Å². The summed E-state index contributed by atoms with van der Waals surface area (Å²) in [5.74, 6) is -0.483. The van der Waals surface area contributed by atoms with E-state index in [2.05, 4.69) is 5.32 Å². The van der Waals surface area contributed by atoms with Crippen LogP contribution in [0.1, 0.15) is 17.3 Å². The molecule has 4 rings (SSSR count). The van der Waals surface area contributed by atoms with Crippen molar-refractivity contribution < 1.29 is 28.6 Å². The van der Waals surface area contributed by atoms with Crippen molar-refractivity contribution in [1.29, 1.82) is 0 Å². The van der Waals surface area contributed by atoms with Gasteiger partial charge in [0.15, 0.2) is 18.1 Å². The molecule has 0 saturated heterocycles. The first-order chi connectivity index (χ1) is 15.6. The van der Waals surface area contributed by atoms with Crippen LogP contribution in [0.3, 0.4) is 0 Å². The van der Waals surface area contributed by atoms with Crippen molar-refractivity contribution in [2.45, 2.75) is 6.92 Å². The first-order valence-electron chi connectivity index (χ1n) is 10.2. The molecule has 3 aromatic rings. The molecule has 0 radical (unpaired) electrons. The minimum absolute atomic E-state index is 0.105. The smallest absolute Gasteiger partial charge is 0.325 e. The van der Waals surface area contributed by atoms with E-state index in [0.29, 0.717) is 23.6 Å². The third-order valence-corrected chi connectivity index (χ3v) is 5.06. The number of fused-ring (bicyclic) bond motifs is 2. The van der Waals surface area contributed by atoms with Gasteiger partial charge in [-0.05, 0) is 36.6 Å². The number of hydrogen-bond donors (Lipinski definition) is 1. The molecule has 1 N–H and O–H groups in total. The molecule has 0 spiro atoms. The Labute approximate surface area is 184 Å². The van der Waals surface area contributed by atoms with Crippen molar-refractivity contribution in [1.82, 2.24) is 5.32 Å². The van der Waals surface area contributed by atoms with Crippen LogP contribution >= 0.6 is 0 Å². The van der Waals surface area contributed by atoms with Crippen molar-refractivity contribution in [2.24, 2.45) is 0 Å². The molecule has 8 heteroatoms. The van der Waals surface area contributed by atoms with Crippen molar-refractivity contribution in [3.8, 4) is 11.5 Å². The molecule has 0 unspecified atom stereocenters. The molecule has 3 aromatic carbocycles. The lowest BCUT2D eigenvalue weighted by atomic mass is 10.1. The molecular formula is C24H22N2O6. The van der Waals surface area contributed by atoms with Crippen LogP contribution in [0, 0.1) is 0 Å². The first kappa shape index (κ1) is 21.2. The number of esters is 1. The lowest BCUT2D eigenvalue weighted by Crippen LogP contribution is -2.36. The number of carbonyl (C=O) groups excluding carboxylic acids is 3. The zero-order valence-corrected chi connectivity index (χ0v) is 17.5. The van der Waals surface area contributed by atoms with Gasteiger partial charge in [-0.1, -0.05) is 36.4 Å². The highest BCUT2D eigenvalue weighted by Crippen LogP contribution is 2.32. The zero-order chi connectivity index (χ0) is 22.5. The number of likely N-dealkylation sites (N-methyl/N-ethyl adjacent to an activating group) is 1. The maximum Gasteiger partial charge on any atom is 0.325 e. The third kappa shape index (κ3) is 4.49. The maximum atomic E-state index is 12.7. The average molecular weight is 434 g/mol. The normalized spacial score (nSPS) is 11.8. The van der Waals surface area contributed by atoms with Gasteiger partial charge in [-0.3, -0.25) is 14.4 Å². The van der Waals surface area contributed by atoms with E-state index in [4.69, 9.17) is 14.2 Å². The Hall–Kier alpha value is -4.07. The number of amides is 2. The van der Waals surface area contributed by atoms with Crippen LogP contribution in [0.4, 0.5) is 5.69 Å². The molecule has 2 amide bonds. The number of hydrogen-bond acceptors (Lipinski definition) is 6. The van der Waals surface area contributed by atoms with Crippen LogP contribution in [0.5, 0.6) is 11.5 Å². The molecule has 32 heavy (non-hydrogen) atoms. The highest BCUT2D eigenvalue weighted by Gasteiger charge is 2.19. The lowest BCUT2D eigenvalue weighted by molar-refractivity contribution is -0.146. The molecule has 0 aromatic heterocycles. The number of benzene rings is 3. The van der Waals surface area contributed by atoms with E-state index in [1.54, 1.807) is 17.0 Å². The Bertz CT molecular complexity index is 1170. The van der Waals surface area contributed by atoms with Gasteiger partial charge in [-0.25, -0.2) is 0 Å². The van der Waals surface area contributed by atoms with Crippen LogP contribution in [0.25, 0.3) is 10.8 Å². The van der Waals surface area contributed by atoms with E-state index in [9.17, 15) is 14.4 Å². The monoisotopic (exact) mass is 434 g/mol. The summed E-state index contributed by atoms with van der Waals surface area (Å²) in [6, 6.07) is 18.2. The second-order valence-corrected chi connectivity index (χ2v) is 7.05. The van der Waals surface area contributed by atoms with Crippen molar-refractivity contribution in [2.75, 3.05) is 31.4 Å². The van der Waals surface area contributed by atoms with E-state index in [1.807, 2.05) is 49.4 Å². The van der Waals surface area contributed by atoms with Crippen molar-refractivity contribution in [3.05, 3.63) is 66.2 Å². The predicted molar refractivity (Wildman–Crippen MR) is 118 cm³/mol. The number of rotatable bonds is 7. The van der Waals surface area contributed by atoms with E-state index in [1.165, 1.54) is 6.07 Å². The Morgan fingerprint density at radius 3 is 2.62 bits per heavy atom. The lowest BCUT2D eigenvalue weighted by Gasteiger charge is -2.22. The molecule has 0 saturated carbocycles. The minimum Gasteiger partial charge on any atom is -0.454 e. The fourth-order valence-electron chi connectivity index (χ4n) is 3.49. The summed E-state index contributed by atoms with van der Waals surface area (Å²) in [6.45, 7) is 1.60. The second kappa shape index (κ2) is 9.38. The zero-order valence-electron chi connectivity index (χ0n) is 17.5. The molecule has 1 aliphatic heterocycles. The molecule has 0 fully saturated rings. The largest absolute Gasteiger partial charge is 0.454 e. The number of nitrogens with zero attached hydrogens (tertiary/aromatic N) is 1. The summed E-state index contributed by atoms with van der Waals surface area (Å²) in [7, 11) is 0. The summed E-state index contributed by atoms with van der Waals surface area (Å²) < 4.78 is 15.5. The maximum absolute atomic E-state index is 12.7. The van der Waals surface area contributed by atoms with Gasteiger partial charge in [0.05, 0.1) is 5.69 Å². The molecule has 0 aliphatic carbocycles. The Morgan fingerprint density at radius 2 is 1.78 bits per heavy atom. The fraction of sp³-hybridized carbons (Fsp3) is 0.208. The quantitative estimate of drug-likeness (QED) is 0.575. The van der Waals surface area contributed by atoms with Crippen molar-refractivity contribution in [3.63, 3.8) is 0 Å². The van der Waals surface area contributed by atoms with E-state index in [-0.39, 0.29) is 19.2 Å². The van der Waals surface area contributed by atoms with Gasteiger partial charge in [-0.15, -0.1) is 0 Å².